The van der Waals surface area contributed by atoms with Gasteiger partial charge in [0.25, 0.3) is 0 Å². The smallest absolute Gasteiger partial charge is 0.227 e. The Hall–Kier alpha value is -3.04. The number of ether oxygens (including phenoxy) is 1. The summed E-state index contributed by atoms with van der Waals surface area (Å²) in [6.07, 6.45) is 1.92. The predicted octanol–water partition coefficient (Wildman–Crippen LogP) is 4.34. The molecule has 2 aliphatic rings. The number of fused-ring (bicyclic) bond motifs is 1. The monoisotopic (exact) mass is 486 g/mol. The second kappa shape index (κ2) is 10.3. The summed E-state index contributed by atoms with van der Waals surface area (Å²) in [6, 6.07) is 17.4. The van der Waals surface area contributed by atoms with Gasteiger partial charge < -0.3 is 20.3 Å². The molecule has 2 fully saturated rings. The van der Waals surface area contributed by atoms with E-state index in [1.54, 1.807) is 11.3 Å². The number of benzene rings is 2. The molecule has 4 aromatic rings. The summed E-state index contributed by atoms with van der Waals surface area (Å²) in [6.45, 7) is 8.73. The average molecular weight is 487 g/mol. The van der Waals surface area contributed by atoms with Crippen LogP contribution in [0.3, 0.4) is 0 Å². The van der Waals surface area contributed by atoms with Crippen molar-refractivity contribution in [3.63, 3.8) is 0 Å². The Bertz CT molecular complexity index is 1280. The van der Waals surface area contributed by atoms with Gasteiger partial charge in [-0.1, -0.05) is 24.3 Å². The molecule has 0 unspecified atom stereocenters. The molecule has 0 spiro atoms. The van der Waals surface area contributed by atoms with Crippen LogP contribution >= 0.6 is 11.3 Å². The van der Waals surface area contributed by atoms with Gasteiger partial charge in [-0.15, -0.1) is 11.3 Å². The zero-order chi connectivity index (χ0) is 23.5. The summed E-state index contributed by atoms with van der Waals surface area (Å²) < 4.78 is 6.54. The highest BCUT2D eigenvalue weighted by Crippen LogP contribution is 2.35. The van der Waals surface area contributed by atoms with Crippen molar-refractivity contribution in [1.29, 1.82) is 0 Å². The number of piperazine rings is 1. The normalized spacial score (nSPS) is 17.1. The van der Waals surface area contributed by atoms with E-state index in [4.69, 9.17) is 9.72 Å². The molecular formula is C27H30N6OS. The van der Waals surface area contributed by atoms with Gasteiger partial charge in [-0.25, -0.2) is 9.97 Å². The van der Waals surface area contributed by atoms with Crippen molar-refractivity contribution >= 4 is 38.9 Å². The summed E-state index contributed by atoms with van der Waals surface area (Å²) in [5.74, 6) is 0.622. The van der Waals surface area contributed by atoms with E-state index >= 15 is 0 Å². The fraction of sp³-hybridized carbons (Fsp3) is 0.333. The minimum Gasteiger partial charge on any atom is -0.379 e. The molecule has 0 saturated carbocycles. The van der Waals surface area contributed by atoms with Crippen molar-refractivity contribution in [2.24, 2.45) is 0 Å². The molecule has 0 bridgehead atoms. The molecule has 6 rings (SSSR count). The Morgan fingerprint density at radius 3 is 2.66 bits per heavy atom. The van der Waals surface area contributed by atoms with E-state index in [0.29, 0.717) is 5.95 Å². The number of morpholine rings is 1. The Morgan fingerprint density at radius 1 is 1.00 bits per heavy atom. The summed E-state index contributed by atoms with van der Waals surface area (Å²) in [7, 11) is 0. The Labute approximate surface area is 209 Å². The number of anilines is 3. The van der Waals surface area contributed by atoms with Crippen molar-refractivity contribution in [3.8, 4) is 11.1 Å². The second-order valence-corrected chi connectivity index (χ2v) is 9.96. The van der Waals surface area contributed by atoms with Gasteiger partial charge in [-0.3, -0.25) is 4.90 Å². The SMILES string of the molecule is c1cc(-c2csc3cnc(Nc4ccc(CN5CCOCC5)cc4)nc23)cc(N2CCNCC2)c1. The molecule has 35 heavy (non-hydrogen) atoms. The molecule has 8 heteroatoms. The number of nitrogens with zero attached hydrogens (tertiary/aromatic N) is 4. The van der Waals surface area contributed by atoms with Crippen LogP contribution in [0.15, 0.2) is 60.1 Å². The minimum absolute atomic E-state index is 0.622. The Balaban J connectivity index is 1.20. The highest BCUT2D eigenvalue weighted by Gasteiger charge is 2.15. The first-order chi connectivity index (χ1) is 17.3. The number of nitrogens with one attached hydrogen (secondary N) is 2. The van der Waals surface area contributed by atoms with E-state index < -0.39 is 0 Å². The molecule has 7 nitrogen and oxygen atoms in total. The van der Waals surface area contributed by atoms with Crippen LogP contribution in [0.1, 0.15) is 5.56 Å². The van der Waals surface area contributed by atoms with Crippen LogP contribution in [0.25, 0.3) is 21.3 Å². The quantitative estimate of drug-likeness (QED) is 0.420. The molecule has 0 aliphatic carbocycles. The fourth-order valence-electron chi connectivity index (χ4n) is 4.73. The van der Waals surface area contributed by atoms with Gasteiger partial charge >= 0.3 is 0 Å². The van der Waals surface area contributed by atoms with E-state index in [9.17, 15) is 0 Å². The Morgan fingerprint density at radius 2 is 1.83 bits per heavy atom. The van der Waals surface area contributed by atoms with Crippen molar-refractivity contribution in [2.45, 2.75) is 6.54 Å². The van der Waals surface area contributed by atoms with Gasteiger partial charge in [0.2, 0.25) is 5.95 Å². The predicted molar refractivity (Wildman–Crippen MR) is 144 cm³/mol. The highest BCUT2D eigenvalue weighted by atomic mass is 32.1. The van der Waals surface area contributed by atoms with Crippen LogP contribution in [0.5, 0.6) is 0 Å². The fourth-order valence-corrected chi connectivity index (χ4v) is 5.60. The van der Waals surface area contributed by atoms with Crippen LogP contribution in [0, 0.1) is 0 Å². The van der Waals surface area contributed by atoms with Crippen molar-refractivity contribution in [1.82, 2.24) is 20.2 Å². The standard InChI is InChI=1S/C27H30N6OS/c1-2-21(16-23(3-1)33-10-8-28-9-11-33)24-19-35-25-17-29-27(31-26(24)25)30-22-6-4-20(5-7-22)18-32-12-14-34-15-13-32/h1-7,16-17,19,28H,8-15,18H2,(H,29,30,31). The topological polar surface area (TPSA) is 65.5 Å². The van der Waals surface area contributed by atoms with Gasteiger partial charge in [0.05, 0.1) is 29.6 Å². The van der Waals surface area contributed by atoms with E-state index in [0.717, 1.165) is 80.5 Å². The van der Waals surface area contributed by atoms with Crippen molar-refractivity contribution in [2.75, 3.05) is 62.7 Å². The van der Waals surface area contributed by atoms with Crippen LogP contribution in [0.2, 0.25) is 0 Å². The summed E-state index contributed by atoms with van der Waals surface area (Å²) in [4.78, 5) is 14.3. The van der Waals surface area contributed by atoms with E-state index in [1.807, 2.05) is 6.20 Å². The van der Waals surface area contributed by atoms with Crippen LogP contribution < -0.4 is 15.5 Å². The lowest BCUT2D eigenvalue weighted by Gasteiger charge is -2.29. The maximum Gasteiger partial charge on any atom is 0.227 e. The second-order valence-electron chi connectivity index (χ2n) is 9.05. The number of aromatic nitrogens is 2. The number of hydrogen-bond acceptors (Lipinski definition) is 8. The minimum atomic E-state index is 0.622. The third-order valence-corrected chi connectivity index (χ3v) is 7.58. The van der Waals surface area contributed by atoms with Crippen LogP contribution in [0.4, 0.5) is 17.3 Å². The molecule has 2 aliphatic heterocycles. The van der Waals surface area contributed by atoms with Gasteiger partial charge in [0.1, 0.15) is 0 Å². The first-order valence-electron chi connectivity index (χ1n) is 12.3. The molecule has 2 aromatic heterocycles. The molecule has 2 N–H and O–H groups in total. The van der Waals surface area contributed by atoms with Crippen LogP contribution in [-0.2, 0) is 11.3 Å². The molecule has 0 amide bonds. The molecule has 2 aromatic carbocycles. The van der Waals surface area contributed by atoms with Gasteiger partial charge in [-0.2, -0.15) is 0 Å². The highest BCUT2D eigenvalue weighted by molar-refractivity contribution is 7.17. The lowest BCUT2D eigenvalue weighted by atomic mass is 10.1. The molecular weight excluding hydrogens is 456 g/mol. The van der Waals surface area contributed by atoms with Gasteiger partial charge in [0, 0.05) is 68.1 Å². The number of thiophene rings is 1. The third-order valence-electron chi connectivity index (χ3n) is 6.67. The summed E-state index contributed by atoms with van der Waals surface area (Å²) >= 11 is 1.69. The maximum absolute atomic E-state index is 5.45. The third kappa shape index (κ3) is 5.16. The Kier molecular flexibility index (Phi) is 6.60. The van der Waals surface area contributed by atoms with E-state index in [2.05, 4.69) is 79.3 Å². The lowest BCUT2D eigenvalue weighted by Crippen LogP contribution is -2.43. The largest absolute Gasteiger partial charge is 0.379 e. The zero-order valence-electron chi connectivity index (χ0n) is 19.7. The number of hydrogen-bond donors (Lipinski definition) is 2. The van der Waals surface area contributed by atoms with Gasteiger partial charge in [-0.05, 0) is 35.4 Å². The summed E-state index contributed by atoms with van der Waals surface area (Å²) in [5.41, 5.74) is 6.92. The molecule has 4 heterocycles. The lowest BCUT2D eigenvalue weighted by molar-refractivity contribution is 0.0342. The maximum atomic E-state index is 5.45. The average Bonchev–Trinajstić information content (AvgIpc) is 3.34. The van der Waals surface area contributed by atoms with Crippen molar-refractivity contribution in [3.05, 3.63) is 65.7 Å². The van der Waals surface area contributed by atoms with Crippen molar-refractivity contribution < 1.29 is 4.74 Å². The van der Waals surface area contributed by atoms with Gasteiger partial charge in [0.15, 0.2) is 0 Å². The van der Waals surface area contributed by atoms with E-state index in [1.165, 1.54) is 16.8 Å². The molecule has 0 atom stereocenters. The molecule has 180 valence electrons. The van der Waals surface area contributed by atoms with E-state index in [-0.39, 0.29) is 0 Å². The molecule has 0 radical (unpaired) electrons. The summed E-state index contributed by atoms with van der Waals surface area (Å²) in [5, 5.41) is 9.01. The first-order valence-corrected chi connectivity index (χ1v) is 13.2. The first kappa shape index (κ1) is 22.4. The number of rotatable bonds is 6. The van der Waals surface area contributed by atoms with Crippen LogP contribution in [-0.4, -0.2) is 67.4 Å². The zero-order valence-corrected chi connectivity index (χ0v) is 20.6. The molecule has 2 saturated heterocycles.